The minimum absolute atomic E-state index is 0.0281. The van der Waals surface area contributed by atoms with Crippen LogP contribution in [0, 0.1) is 0 Å². The summed E-state index contributed by atoms with van der Waals surface area (Å²) in [5.41, 5.74) is 1.84. The first-order valence-electron chi connectivity index (χ1n) is 7.19. The van der Waals surface area contributed by atoms with Crippen molar-refractivity contribution in [3.05, 3.63) is 51.1 Å². The number of hydrogen-bond donors (Lipinski definition) is 3. The second-order valence-electron chi connectivity index (χ2n) is 5.33. The highest BCUT2D eigenvalue weighted by atomic mass is 35.5. The van der Waals surface area contributed by atoms with Crippen molar-refractivity contribution < 1.29 is 10.2 Å². The molecule has 0 radical (unpaired) electrons. The van der Waals surface area contributed by atoms with Crippen molar-refractivity contribution in [3.63, 3.8) is 0 Å². The maximum atomic E-state index is 12.6. The fourth-order valence-electron chi connectivity index (χ4n) is 2.72. The molecule has 0 aliphatic heterocycles. The number of pyridine rings is 1. The lowest BCUT2D eigenvalue weighted by atomic mass is 10.0. The molecule has 22 heavy (non-hydrogen) atoms. The zero-order valence-corrected chi connectivity index (χ0v) is 12.7. The molecule has 3 rings (SSSR count). The predicted molar refractivity (Wildman–Crippen MR) is 88.8 cm³/mol. The van der Waals surface area contributed by atoms with Crippen molar-refractivity contribution in [1.82, 2.24) is 4.98 Å². The van der Waals surface area contributed by atoms with E-state index in [1.54, 1.807) is 24.3 Å². The van der Waals surface area contributed by atoms with E-state index in [4.69, 9.17) is 16.7 Å². The number of phenols is 1. The third-order valence-electron chi connectivity index (χ3n) is 3.80. The molecule has 0 fully saturated rings. The molecule has 0 unspecified atom stereocenters. The van der Waals surface area contributed by atoms with Gasteiger partial charge in [-0.15, -0.1) is 0 Å². The lowest BCUT2D eigenvalue weighted by molar-refractivity contribution is 0.284. The second kappa shape index (κ2) is 5.99. The van der Waals surface area contributed by atoms with Gasteiger partial charge in [0.2, 0.25) is 5.43 Å². The predicted octanol–water partition coefficient (Wildman–Crippen LogP) is 3.36. The van der Waals surface area contributed by atoms with Crippen LogP contribution in [0.5, 0.6) is 5.75 Å². The third-order valence-corrected chi connectivity index (χ3v) is 4.11. The van der Waals surface area contributed by atoms with Crippen molar-refractivity contribution in [3.8, 4) is 5.75 Å². The minimum atomic E-state index is -0.231. The Kier molecular flexibility index (Phi) is 4.05. The van der Waals surface area contributed by atoms with E-state index in [2.05, 4.69) is 4.98 Å². The van der Waals surface area contributed by atoms with E-state index >= 15 is 0 Å². The Bertz CT molecular complexity index is 902. The largest absolute Gasteiger partial charge is 0.507 e. The molecule has 0 aliphatic carbocycles. The number of aliphatic hydroxyl groups excluding tert-OH is 1. The molecular formula is C17H16ClNO3. The Morgan fingerprint density at radius 3 is 2.77 bits per heavy atom. The zero-order chi connectivity index (χ0) is 15.7. The van der Waals surface area contributed by atoms with Crippen LogP contribution in [-0.4, -0.2) is 21.8 Å². The molecule has 0 saturated heterocycles. The first kappa shape index (κ1) is 14.9. The summed E-state index contributed by atoms with van der Waals surface area (Å²) in [4.78, 5) is 15.7. The third kappa shape index (κ3) is 2.56. The van der Waals surface area contributed by atoms with Crippen LogP contribution in [0.25, 0.3) is 21.8 Å². The number of para-hydroxylation sites is 1. The van der Waals surface area contributed by atoms with Gasteiger partial charge < -0.3 is 15.2 Å². The highest BCUT2D eigenvalue weighted by Crippen LogP contribution is 2.28. The summed E-state index contributed by atoms with van der Waals surface area (Å²) in [5, 5.41) is 20.3. The summed E-state index contributed by atoms with van der Waals surface area (Å²) in [7, 11) is 0. The monoisotopic (exact) mass is 317 g/mol. The molecule has 0 spiro atoms. The fourth-order valence-corrected chi connectivity index (χ4v) is 2.94. The topological polar surface area (TPSA) is 73.3 Å². The van der Waals surface area contributed by atoms with E-state index in [0.29, 0.717) is 27.9 Å². The van der Waals surface area contributed by atoms with Gasteiger partial charge in [-0.05, 0) is 49.1 Å². The van der Waals surface area contributed by atoms with E-state index in [1.807, 2.05) is 6.07 Å². The molecule has 1 heterocycles. The number of fused-ring (bicyclic) bond motifs is 2. The highest BCUT2D eigenvalue weighted by Gasteiger charge is 2.12. The van der Waals surface area contributed by atoms with Gasteiger partial charge in [0.15, 0.2) is 0 Å². The van der Waals surface area contributed by atoms with Gasteiger partial charge >= 0.3 is 0 Å². The fraction of sp³-hybridized carbons (Fsp3) is 0.235. The van der Waals surface area contributed by atoms with Crippen LogP contribution >= 0.6 is 11.6 Å². The zero-order valence-electron chi connectivity index (χ0n) is 11.9. The Morgan fingerprint density at radius 1 is 1.18 bits per heavy atom. The molecule has 4 nitrogen and oxygen atoms in total. The molecule has 2 aromatic carbocycles. The maximum Gasteiger partial charge on any atom is 0.200 e. The Morgan fingerprint density at radius 2 is 2.00 bits per heavy atom. The number of aliphatic hydroxyl groups is 1. The van der Waals surface area contributed by atoms with Gasteiger partial charge in [-0.1, -0.05) is 17.7 Å². The Balaban J connectivity index is 2.22. The number of phenolic OH excluding ortho intramolecular Hbond substituents is 1. The molecule has 114 valence electrons. The van der Waals surface area contributed by atoms with Crippen molar-refractivity contribution in [2.75, 3.05) is 6.61 Å². The van der Waals surface area contributed by atoms with E-state index in [1.165, 1.54) is 0 Å². The van der Waals surface area contributed by atoms with Crippen LogP contribution in [0.4, 0.5) is 0 Å². The lowest BCUT2D eigenvalue weighted by Crippen LogP contribution is -2.05. The van der Waals surface area contributed by atoms with Gasteiger partial charge in [0, 0.05) is 12.0 Å². The second-order valence-corrected chi connectivity index (χ2v) is 5.74. The standard InChI is InChI=1S/C17H16ClNO3/c18-12-6-3-5-11-16(12)19-13-8-10(4-1-2-7-20)9-14(21)15(13)17(11)22/h3,5-6,8-9,20-21H,1-2,4,7H2,(H,19,22). The van der Waals surface area contributed by atoms with Crippen molar-refractivity contribution in [1.29, 1.82) is 0 Å². The molecule has 0 atom stereocenters. The van der Waals surface area contributed by atoms with E-state index in [9.17, 15) is 9.90 Å². The van der Waals surface area contributed by atoms with Crippen LogP contribution in [0.1, 0.15) is 18.4 Å². The molecule has 3 aromatic rings. The number of rotatable bonds is 4. The summed E-state index contributed by atoms with van der Waals surface area (Å²) in [6.45, 7) is 0.149. The summed E-state index contributed by atoms with van der Waals surface area (Å²) < 4.78 is 0. The van der Waals surface area contributed by atoms with E-state index < -0.39 is 0 Å². The first-order chi connectivity index (χ1) is 10.6. The van der Waals surface area contributed by atoms with Crippen LogP contribution in [0.2, 0.25) is 5.02 Å². The smallest absolute Gasteiger partial charge is 0.200 e. The van der Waals surface area contributed by atoms with Gasteiger partial charge in [0.25, 0.3) is 0 Å². The molecule has 5 heteroatoms. The summed E-state index contributed by atoms with van der Waals surface area (Å²) >= 11 is 6.15. The number of hydrogen-bond acceptors (Lipinski definition) is 3. The highest BCUT2D eigenvalue weighted by molar-refractivity contribution is 6.35. The van der Waals surface area contributed by atoms with Crippen LogP contribution in [-0.2, 0) is 6.42 Å². The van der Waals surface area contributed by atoms with Crippen molar-refractivity contribution in [2.24, 2.45) is 0 Å². The van der Waals surface area contributed by atoms with Crippen LogP contribution in [0.3, 0.4) is 0 Å². The quantitative estimate of drug-likeness (QED) is 0.510. The molecular weight excluding hydrogens is 302 g/mol. The van der Waals surface area contributed by atoms with Gasteiger partial charge in [-0.25, -0.2) is 0 Å². The summed E-state index contributed by atoms with van der Waals surface area (Å²) in [6, 6.07) is 8.60. The number of benzene rings is 2. The molecule has 3 N–H and O–H groups in total. The number of unbranched alkanes of at least 4 members (excludes halogenated alkanes) is 1. The Labute approximate surface area is 132 Å². The molecule has 0 amide bonds. The minimum Gasteiger partial charge on any atom is -0.507 e. The van der Waals surface area contributed by atoms with E-state index in [0.717, 1.165) is 18.4 Å². The number of nitrogens with one attached hydrogen (secondary N) is 1. The normalized spacial score (nSPS) is 11.4. The molecule has 0 aliphatic rings. The van der Waals surface area contributed by atoms with Gasteiger partial charge in [-0.3, -0.25) is 4.79 Å². The van der Waals surface area contributed by atoms with Crippen LogP contribution in [0.15, 0.2) is 35.1 Å². The van der Waals surface area contributed by atoms with Crippen molar-refractivity contribution in [2.45, 2.75) is 19.3 Å². The van der Waals surface area contributed by atoms with E-state index in [-0.39, 0.29) is 23.2 Å². The van der Waals surface area contributed by atoms with Crippen LogP contribution < -0.4 is 5.43 Å². The number of aromatic hydroxyl groups is 1. The lowest BCUT2D eigenvalue weighted by Gasteiger charge is -2.08. The van der Waals surface area contributed by atoms with Gasteiger partial charge in [0.05, 0.1) is 21.4 Å². The number of aromatic amines is 1. The average molecular weight is 318 g/mol. The van der Waals surface area contributed by atoms with Gasteiger partial charge in [-0.2, -0.15) is 0 Å². The first-order valence-corrected chi connectivity index (χ1v) is 7.56. The SMILES string of the molecule is O=c1c2cccc(Cl)c2[nH]c2cc(CCCCO)cc(O)c12. The van der Waals surface area contributed by atoms with Crippen molar-refractivity contribution >= 4 is 33.4 Å². The summed E-state index contributed by atoms with van der Waals surface area (Å²) in [6.07, 6.45) is 2.26. The average Bonchev–Trinajstić information content (AvgIpc) is 2.48. The summed E-state index contributed by atoms with van der Waals surface area (Å²) in [5.74, 6) is -0.0281. The number of H-pyrrole nitrogens is 1. The molecule has 0 bridgehead atoms. The molecule has 1 aromatic heterocycles. The number of halogens is 1. The Hall–Kier alpha value is -2.04. The molecule has 0 saturated carbocycles. The number of aryl methyl sites for hydroxylation is 1. The maximum absolute atomic E-state index is 12.6. The number of aromatic nitrogens is 1. The van der Waals surface area contributed by atoms with Gasteiger partial charge in [0.1, 0.15) is 5.75 Å².